The number of hydrogen-bond acceptors (Lipinski definition) is 3. The van der Waals surface area contributed by atoms with Crippen LogP contribution in [0.4, 0.5) is 0 Å². The first kappa shape index (κ1) is 18.8. The van der Waals surface area contributed by atoms with Gasteiger partial charge in [-0.25, -0.2) is 0 Å². The zero-order valence-corrected chi connectivity index (χ0v) is 17.2. The van der Waals surface area contributed by atoms with Gasteiger partial charge < -0.3 is 13.3 Å². The largest absolute Gasteiger partial charge is 0.737 e. The maximum absolute atomic E-state index is 6.57. The van der Waals surface area contributed by atoms with E-state index in [1.54, 1.807) is 0 Å². The van der Waals surface area contributed by atoms with Gasteiger partial charge in [0.15, 0.2) is 0 Å². The highest BCUT2D eigenvalue weighted by molar-refractivity contribution is 6.77. The molecule has 0 N–H and O–H groups in total. The van der Waals surface area contributed by atoms with Crippen LogP contribution in [0.5, 0.6) is 17.2 Å². The highest BCUT2D eigenvalue weighted by Gasteiger charge is 2.53. The monoisotopic (exact) mass is 398 g/mol. The van der Waals surface area contributed by atoms with Gasteiger partial charge in [0.1, 0.15) is 17.2 Å². The van der Waals surface area contributed by atoms with Crippen molar-refractivity contribution in [1.82, 2.24) is 0 Å². The van der Waals surface area contributed by atoms with Crippen molar-refractivity contribution >= 4 is 14.0 Å². The molecule has 144 valence electrons. The highest BCUT2D eigenvalue weighted by Crippen LogP contribution is 2.24. The first-order valence-corrected chi connectivity index (χ1v) is 11.3. The van der Waals surface area contributed by atoms with Crippen molar-refractivity contribution in [2.75, 3.05) is 0 Å². The lowest BCUT2D eigenvalue weighted by Gasteiger charge is -2.31. The van der Waals surface area contributed by atoms with E-state index in [4.69, 9.17) is 13.3 Å². The van der Waals surface area contributed by atoms with Crippen molar-refractivity contribution in [2.24, 2.45) is 0 Å². The zero-order valence-electron chi connectivity index (χ0n) is 16.2. The molecule has 0 unspecified atom stereocenters. The fourth-order valence-electron chi connectivity index (χ4n) is 3.07. The summed E-state index contributed by atoms with van der Waals surface area (Å²) in [7, 11) is -3.44. The van der Waals surface area contributed by atoms with E-state index in [0.717, 1.165) is 10.8 Å². The Morgan fingerprint density at radius 3 is 1.17 bits per heavy atom. The number of para-hydroxylation sites is 3. The quantitative estimate of drug-likeness (QED) is 0.391. The maximum atomic E-state index is 6.57. The Morgan fingerprint density at radius 2 is 0.793 bits per heavy atom. The van der Waals surface area contributed by atoms with Crippen molar-refractivity contribution in [1.29, 1.82) is 0 Å². The Kier molecular flexibility index (Phi) is 5.63. The van der Waals surface area contributed by atoms with Gasteiger partial charge in [-0.3, -0.25) is 0 Å². The van der Waals surface area contributed by atoms with Crippen LogP contribution < -0.4 is 18.5 Å². The minimum absolute atomic E-state index is 0.703. The summed E-state index contributed by atoms with van der Waals surface area (Å²) in [5.74, 6) is 2.11. The van der Waals surface area contributed by atoms with Crippen LogP contribution >= 0.6 is 0 Å². The van der Waals surface area contributed by atoms with Crippen molar-refractivity contribution < 1.29 is 13.3 Å². The van der Waals surface area contributed by atoms with Gasteiger partial charge in [0, 0.05) is 0 Å². The van der Waals surface area contributed by atoms with Crippen LogP contribution in [-0.4, -0.2) is 8.80 Å². The van der Waals surface area contributed by atoms with Crippen molar-refractivity contribution in [3.63, 3.8) is 0 Å². The fourth-order valence-corrected chi connectivity index (χ4v) is 5.74. The van der Waals surface area contributed by atoms with Gasteiger partial charge >= 0.3 is 8.80 Å². The Hall–Kier alpha value is -3.50. The van der Waals surface area contributed by atoms with Crippen LogP contribution in [0.3, 0.4) is 0 Å². The van der Waals surface area contributed by atoms with Crippen LogP contribution in [0.15, 0.2) is 115 Å². The smallest absolute Gasteiger partial charge is 0.480 e. The summed E-state index contributed by atoms with van der Waals surface area (Å²) in [6.45, 7) is 2.05. The summed E-state index contributed by atoms with van der Waals surface area (Å²) in [6.07, 6.45) is 0. The minimum Gasteiger partial charge on any atom is -0.480 e. The summed E-state index contributed by atoms with van der Waals surface area (Å²) in [6, 6.07) is 37.1. The average Bonchev–Trinajstić information content (AvgIpc) is 2.76. The molecule has 0 fully saturated rings. The van der Waals surface area contributed by atoms with Gasteiger partial charge in [-0.15, -0.1) is 0 Å². The van der Waals surface area contributed by atoms with Crippen LogP contribution in [0.25, 0.3) is 0 Å². The number of aryl methyl sites for hydroxylation is 1. The lowest BCUT2D eigenvalue weighted by molar-refractivity contribution is 0.281. The predicted molar refractivity (Wildman–Crippen MR) is 118 cm³/mol. The first-order chi connectivity index (χ1) is 14.3. The fraction of sp³-hybridized carbons (Fsp3) is 0.0400. The van der Waals surface area contributed by atoms with Gasteiger partial charge in [0.2, 0.25) is 0 Å². The van der Waals surface area contributed by atoms with E-state index in [1.807, 2.05) is 122 Å². The normalized spacial score (nSPS) is 10.9. The van der Waals surface area contributed by atoms with E-state index in [2.05, 4.69) is 0 Å². The van der Waals surface area contributed by atoms with E-state index >= 15 is 0 Å². The molecule has 0 aliphatic heterocycles. The molecule has 0 spiro atoms. The molecule has 4 heteroatoms. The topological polar surface area (TPSA) is 27.7 Å². The summed E-state index contributed by atoms with van der Waals surface area (Å²) in [4.78, 5) is 0. The molecule has 0 aliphatic carbocycles. The lowest BCUT2D eigenvalue weighted by Crippen LogP contribution is -2.65. The summed E-state index contributed by atoms with van der Waals surface area (Å²) >= 11 is 0. The van der Waals surface area contributed by atoms with Crippen LogP contribution in [0, 0.1) is 6.92 Å². The molecule has 0 heterocycles. The molecule has 29 heavy (non-hydrogen) atoms. The van der Waals surface area contributed by atoms with Crippen LogP contribution in [-0.2, 0) is 0 Å². The molecule has 0 amide bonds. The van der Waals surface area contributed by atoms with E-state index in [0.29, 0.717) is 17.2 Å². The Balaban J connectivity index is 1.86. The highest BCUT2D eigenvalue weighted by atomic mass is 28.4. The molecule has 0 radical (unpaired) electrons. The second-order valence-electron chi connectivity index (χ2n) is 6.62. The molecule has 3 nitrogen and oxygen atoms in total. The van der Waals surface area contributed by atoms with Crippen LogP contribution in [0.1, 0.15) is 5.56 Å². The first-order valence-electron chi connectivity index (χ1n) is 9.53. The molecule has 4 rings (SSSR count). The van der Waals surface area contributed by atoms with Crippen molar-refractivity contribution in [3.8, 4) is 17.2 Å². The third-order valence-corrected chi connectivity index (χ3v) is 7.20. The number of benzene rings is 4. The second-order valence-corrected chi connectivity index (χ2v) is 8.88. The van der Waals surface area contributed by atoms with E-state index in [1.165, 1.54) is 0 Å². The van der Waals surface area contributed by atoms with Crippen LogP contribution in [0.2, 0.25) is 0 Å². The molecule has 0 saturated heterocycles. The number of rotatable bonds is 7. The van der Waals surface area contributed by atoms with E-state index in [-0.39, 0.29) is 0 Å². The summed E-state index contributed by atoms with van der Waals surface area (Å²) in [5.41, 5.74) is 1.06. The molecule has 0 atom stereocenters. The van der Waals surface area contributed by atoms with Gasteiger partial charge in [0.25, 0.3) is 0 Å². The van der Waals surface area contributed by atoms with Gasteiger partial charge in [-0.1, -0.05) is 78.9 Å². The minimum atomic E-state index is -3.44. The van der Waals surface area contributed by atoms with Gasteiger partial charge in [-0.2, -0.15) is 0 Å². The Morgan fingerprint density at radius 1 is 0.448 bits per heavy atom. The summed E-state index contributed by atoms with van der Waals surface area (Å²) < 4.78 is 19.7. The average molecular weight is 399 g/mol. The molecule has 0 bridgehead atoms. The van der Waals surface area contributed by atoms with Gasteiger partial charge in [0.05, 0.1) is 5.19 Å². The van der Waals surface area contributed by atoms with Crippen molar-refractivity contribution in [2.45, 2.75) is 6.92 Å². The molecule has 4 aromatic rings. The second kappa shape index (κ2) is 8.67. The lowest BCUT2D eigenvalue weighted by atomic mass is 10.2. The zero-order chi connectivity index (χ0) is 19.9. The predicted octanol–water partition coefficient (Wildman–Crippen LogP) is 5.38. The molecule has 0 aromatic heterocycles. The molecular weight excluding hydrogens is 376 g/mol. The third-order valence-electron chi connectivity index (χ3n) is 4.46. The Bertz CT molecular complexity index is 936. The molecule has 0 saturated carbocycles. The van der Waals surface area contributed by atoms with Gasteiger partial charge in [-0.05, 0) is 48.9 Å². The Labute approximate surface area is 172 Å². The number of hydrogen-bond donors (Lipinski definition) is 0. The molecule has 4 aromatic carbocycles. The van der Waals surface area contributed by atoms with E-state index < -0.39 is 8.80 Å². The maximum Gasteiger partial charge on any atom is 0.737 e. The molecule has 0 aliphatic rings. The SMILES string of the molecule is Cc1ccccc1[Si](Oc1ccccc1)(Oc1ccccc1)Oc1ccccc1. The summed E-state index contributed by atoms with van der Waals surface area (Å²) in [5, 5.41) is 0.927. The molecular formula is C25H22O3Si. The van der Waals surface area contributed by atoms with E-state index in [9.17, 15) is 0 Å². The standard InChI is InChI=1S/C25H22O3Si/c1-21-13-11-12-20-25(21)29(26-22-14-5-2-6-15-22,27-23-16-7-3-8-17-23)28-24-18-9-4-10-19-24/h2-20H,1H3. The third kappa shape index (κ3) is 4.50. The van der Waals surface area contributed by atoms with Crippen molar-refractivity contribution in [3.05, 3.63) is 121 Å².